The van der Waals surface area contributed by atoms with Crippen molar-refractivity contribution in [2.75, 3.05) is 13.2 Å². The molecule has 0 fully saturated rings. The third kappa shape index (κ3) is 3.89. The lowest BCUT2D eigenvalue weighted by Gasteiger charge is -2.04. The Bertz CT molecular complexity index is 284. The average molecular weight is 224 g/mol. The van der Waals surface area contributed by atoms with Crippen molar-refractivity contribution in [1.29, 1.82) is 0 Å². The first-order valence-electron chi connectivity index (χ1n) is 4.02. The Kier molecular flexibility index (Phi) is 6.16. The minimum atomic E-state index is -0.898. The van der Waals surface area contributed by atoms with Crippen molar-refractivity contribution in [2.24, 2.45) is 5.73 Å². The molecule has 1 aromatic carbocycles. The summed E-state index contributed by atoms with van der Waals surface area (Å²) in [5, 5.41) is 0. The summed E-state index contributed by atoms with van der Waals surface area (Å²) < 4.78 is 30.1. The molecule has 2 nitrogen and oxygen atoms in total. The molecule has 0 unspecified atom stereocenters. The van der Waals surface area contributed by atoms with Crippen LogP contribution in [0.5, 0.6) is 5.75 Å². The molecule has 0 spiro atoms. The van der Waals surface area contributed by atoms with Crippen LogP contribution in [0, 0.1) is 11.6 Å². The molecule has 0 amide bonds. The zero-order chi connectivity index (χ0) is 9.68. The minimum absolute atomic E-state index is 0. The molecule has 0 aliphatic rings. The number of benzene rings is 1. The summed E-state index contributed by atoms with van der Waals surface area (Å²) >= 11 is 0. The first-order valence-corrected chi connectivity index (χ1v) is 4.02. The fourth-order valence-electron chi connectivity index (χ4n) is 0.840. The fourth-order valence-corrected chi connectivity index (χ4v) is 0.840. The van der Waals surface area contributed by atoms with Crippen LogP contribution in [0.25, 0.3) is 0 Å². The van der Waals surface area contributed by atoms with Gasteiger partial charge in [-0.2, -0.15) is 0 Å². The van der Waals surface area contributed by atoms with E-state index in [0.717, 1.165) is 12.1 Å². The van der Waals surface area contributed by atoms with Crippen molar-refractivity contribution < 1.29 is 13.5 Å². The van der Waals surface area contributed by atoms with Gasteiger partial charge in [0.2, 0.25) is 0 Å². The summed E-state index contributed by atoms with van der Waals surface area (Å²) in [5.74, 6) is -1.44. The van der Waals surface area contributed by atoms with E-state index in [4.69, 9.17) is 10.5 Å². The maximum absolute atomic E-state index is 12.6. The summed E-state index contributed by atoms with van der Waals surface area (Å²) in [6.45, 7) is 0.936. The van der Waals surface area contributed by atoms with Crippen LogP contribution < -0.4 is 10.5 Å². The van der Waals surface area contributed by atoms with Gasteiger partial charge in [0.25, 0.3) is 0 Å². The molecule has 1 rings (SSSR count). The van der Waals surface area contributed by atoms with Crippen molar-refractivity contribution in [3.63, 3.8) is 0 Å². The molecule has 80 valence electrons. The highest BCUT2D eigenvalue weighted by Crippen LogP contribution is 2.15. The van der Waals surface area contributed by atoms with E-state index in [9.17, 15) is 8.78 Å². The van der Waals surface area contributed by atoms with E-state index in [2.05, 4.69) is 0 Å². The highest BCUT2D eigenvalue weighted by atomic mass is 35.5. The van der Waals surface area contributed by atoms with Crippen LogP contribution in [-0.4, -0.2) is 13.2 Å². The van der Waals surface area contributed by atoms with Gasteiger partial charge in [-0.25, -0.2) is 8.78 Å². The molecule has 0 bridgehead atoms. The Morgan fingerprint density at radius 3 is 2.50 bits per heavy atom. The van der Waals surface area contributed by atoms with E-state index in [0.29, 0.717) is 25.3 Å². The zero-order valence-electron chi connectivity index (χ0n) is 7.50. The molecule has 0 heterocycles. The van der Waals surface area contributed by atoms with Crippen molar-refractivity contribution in [3.8, 4) is 5.75 Å². The van der Waals surface area contributed by atoms with Gasteiger partial charge in [-0.05, 0) is 25.1 Å². The van der Waals surface area contributed by atoms with Gasteiger partial charge in [-0.15, -0.1) is 12.4 Å². The summed E-state index contributed by atoms with van der Waals surface area (Å²) in [4.78, 5) is 0. The Morgan fingerprint density at radius 1 is 1.21 bits per heavy atom. The topological polar surface area (TPSA) is 35.2 Å². The molecule has 0 radical (unpaired) electrons. The average Bonchev–Trinajstić information content (AvgIpc) is 2.12. The molecular formula is C9H12ClF2NO. The lowest BCUT2D eigenvalue weighted by molar-refractivity contribution is 0.310. The van der Waals surface area contributed by atoms with E-state index in [1.165, 1.54) is 6.07 Å². The number of ether oxygens (including phenoxy) is 1. The van der Waals surface area contributed by atoms with Gasteiger partial charge in [0.1, 0.15) is 5.75 Å². The van der Waals surface area contributed by atoms with Crippen molar-refractivity contribution in [2.45, 2.75) is 6.42 Å². The molecule has 0 saturated carbocycles. The van der Waals surface area contributed by atoms with Crippen LogP contribution in [-0.2, 0) is 0 Å². The molecule has 2 N–H and O–H groups in total. The fraction of sp³-hybridized carbons (Fsp3) is 0.333. The molecule has 0 aliphatic heterocycles. The molecule has 0 aliphatic carbocycles. The van der Waals surface area contributed by atoms with E-state index in [1.807, 2.05) is 0 Å². The van der Waals surface area contributed by atoms with Gasteiger partial charge < -0.3 is 10.5 Å². The van der Waals surface area contributed by atoms with Gasteiger partial charge in [0, 0.05) is 6.07 Å². The van der Waals surface area contributed by atoms with Gasteiger partial charge in [0.05, 0.1) is 6.61 Å². The Balaban J connectivity index is 0.00000169. The molecule has 14 heavy (non-hydrogen) atoms. The third-order valence-corrected chi connectivity index (χ3v) is 1.51. The van der Waals surface area contributed by atoms with Crippen molar-refractivity contribution in [1.82, 2.24) is 0 Å². The molecule has 1 aromatic rings. The van der Waals surface area contributed by atoms with Gasteiger partial charge in [0.15, 0.2) is 11.6 Å². The molecule has 5 heteroatoms. The van der Waals surface area contributed by atoms with E-state index in [1.54, 1.807) is 0 Å². The van der Waals surface area contributed by atoms with Gasteiger partial charge in [-0.3, -0.25) is 0 Å². The highest BCUT2D eigenvalue weighted by molar-refractivity contribution is 5.85. The van der Waals surface area contributed by atoms with E-state index < -0.39 is 11.6 Å². The number of hydrogen-bond donors (Lipinski definition) is 1. The van der Waals surface area contributed by atoms with Crippen LogP contribution in [0.2, 0.25) is 0 Å². The minimum Gasteiger partial charge on any atom is -0.493 e. The van der Waals surface area contributed by atoms with Crippen LogP contribution in [0.15, 0.2) is 18.2 Å². The van der Waals surface area contributed by atoms with E-state index >= 15 is 0 Å². The number of rotatable bonds is 4. The largest absolute Gasteiger partial charge is 0.493 e. The van der Waals surface area contributed by atoms with Crippen LogP contribution in [0.3, 0.4) is 0 Å². The number of halogens is 3. The Morgan fingerprint density at radius 2 is 1.93 bits per heavy atom. The second-order valence-corrected chi connectivity index (χ2v) is 2.57. The van der Waals surface area contributed by atoms with Crippen LogP contribution >= 0.6 is 12.4 Å². The zero-order valence-corrected chi connectivity index (χ0v) is 8.32. The summed E-state index contributed by atoms with van der Waals surface area (Å²) in [7, 11) is 0. The summed E-state index contributed by atoms with van der Waals surface area (Å²) in [6.07, 6.45) is 0.693. The molecule has 0 saturated heterocycles. The van der Waals surface area contributed by atoms with Crippen molar-refractivity contribution >= 4 is 12.4 Å². The number of nitrogens with two attached hydrogens (primary N) is 1. The van der Waals surface area contributed by atoms with Gasteiger partial charge in [-0.1, -0.05) is 0 Å². The lowest BCUT2D eigenvalue weighted by atomic mass is 10.3. The normalized spacial score (nSPS) is 9.36. The smallest absolute Gasteiger partial charge is 0.162 e. The monoisotopic (exact) mass is 223 g/mol. The maximum atomic E-state index is 12.6. The predicted molar refractivity (Wildman–Crippen MR) is 52.8 cm³/mol. The SMILES string of the molecule is Cl.NCCCOc1ccc(F)c(F)c1. The third-order valence-electron chi connectivity index (χ3n) is 1.51. The first kappa shape index (κ1) is 13.1. The van der Waals surface area contributed by atoms with Crippen LogP contribution in [0.1, 0.15) is 6.42 Å². The van der Waals surface area contributed by atoms with Crippen molar-refractivity contribution in [3.05, 3.63) is 29.8 Å². The van der Waals surface area contributed by atoms with Crippen LogP contribution in [0.4, 0.5) is 8.78 Å². The molecule has 0 atom stereocenters. The number of hydrogen-bond acceptors (Lipinski definition) is 2. The second-order valence-electron chi connectivity index (χ2n) is 2.57. The summed E-state index contributed by atoms with van der Waals surface area (Å²) in [6, 6.07) is 3.44. The second kappa shape index (κ2) is 6.56. The van der Waals surface area contributed by atoms with E-state index in [-0.39, 0.29) is 12.4 Å². The maximum Gasteiger partial charge on any atom is 0.162 e. The quantitative estimate of drug-likeness (QED) is 0.794. The molecule has 0 aromatic heterocycles. The summed E-state index contributed by atoms with van der Waals surface area (Å²) in [5.41, 5.74) is 5.23. The predicted octanol–water partition coefficient (Wildman–Crippen LogP) is 2.11. The first-order chi connectivity index (χ1) is 6.24. The van der Waals surface area contributed by atoms with Gasteiger partial charge >= 0.3 is 0 Å². The Hall–Kier alpha value is -0.870. The standard InChI is InChI=1S/C9H11F2NO.ClH/c10-8-3-2-7(6-9(8)11)13-5-1-4-12;/h2-3,6H,1,4-5,12H2;1H. The lowest BCUT2D eigenvalue weighted by Crippen LogP contribution is -2.06. The Labute approximate surface area is 87.5 Å². The molecular weight excluding hydrogens is 212 g/mol. The highest BCUT2D eigenvalue weighted by Gasteiger charge is 2.02.